The van der Waals surface area contributed by atoms with E-state index < -0.39 is 0 Å². The second-order valence-corrected chi connectivity index (χ2v) is 5.82. The number of aromatic nitrogens is 3. The van der Waals surface area contributed by atoms with Crippen molar-refractivity contribution in [3.05, 3.63) is 66.2 Å². The fourth-order valence-electron chi connectivity index (χ4n) is 2.41. The summed E-state index contributed by atoms with van der Waals surface area (Å²) in [5, 5.41) is 11.2. The van der Waals surface area contributed by atoms with E-state index in [-0.39, 0.29) is 0 Å². The van der Waals surface area contributed by atoms with Gasteiger partial charge in [-0.3, -0.25) is 4.57 Å². The average Bonchev–Trinajstić information content (AvgIpc) is 3.10. The number of nitrogens with zero attached hydrogens (tertiary/aromatic N) is 3. The molecule has 0 aliphatic carbocycles. The highest BCUT2D eigenvalue weighted by atomic mass is 32.2. The van der Waals surface area contributed by atoms with Gasteiger partial charge in [-0.15, -0.1) is 15.9 Å². The van der Waals surface area contributed by atoms with E-state index in [0.29, 0.717) is 17.3 Å². The van der Waals surface area contributed by atoms with E-state index in [1.165, 1.54) is 11.8 Å². The van der Waals surface area contributed by atoms with E-state index >= 15 is 0 Å². The lowest BCUT2D eigenvalue weighted by atomic mass is 10.2. The van der Waals surface area contributed by atoms with Crippen LogP contribution < -0.4 is 9.47 Å². The quantitative estimate of drug-likeness (QED) is 0.488. The van der Waals surface area contributed by atoms with E-state index in [1.807, 2.05) is 53.1 Å². The second-order valence-electron chi connectivity index (χ2n) is 4.99. The summed E-state index contributed by atoms with van der Waals surface area (Å²) in [6.45, 7) is 3.60. The molecule has 1 aromatic heterocycles. The highest BCUT2D eigenvalue weighted by Gasteiger charge is 2.17. The van der Waals surface area contributed by atoms with Crippen molar-refractivity contribution in [1.29, 1.82) is 0 Å². The Bertz CT molecular complexity index is 916. The average molecular weight is 351 g/mol. The SMILES string of the molecule is C=C=CSc1nnc(-c2ccc(OC)c(OC)c2)n1-c1ccccc1. The Kier molecular flexibility index (Phi) is 5.23. The number of ether oxygens (including phenoxy) is 2. The fourth-order valence-corrected chi connectivity index (χ4v) is 2.99. The van der Waals surface area contributed by atoms with Crippen molar-refractivity contribution in [2.45, 2.75) is 5.16 Å². The molecule has 0 saturated heterocycles. The van der Waals surface area contributed by atoms with Crippen molar-refractivity contribution in [1.82, 2.24) is 14.8 Å². The number of rotatable bonds is 6. The maximum Gasteiger partial charge on any atom is 0.200 e. The van der Waals surface area contributed by atoms with Gasteiger partial charge in [-0.2, -0.15) is 0 Å². The minimum atomic E-state index is 0.641. The molecule has 3 aromatic rings. The molecular formula is C19H17N3O2S. The van der Waals surface area contributed by atoms with Crippen molar-refractivity contribution < 1.29 is 9.47 Å². The molecule has 0 fully saturated rings. The van der Waals surface area contributed by atoms with Crippen LogP contribution in [0.1, 0.15) is 0 Å². The Morgan fingerprint density at radius 3 is 2.48 bits per heavy atom. The lowest BCUT2D eigenvalue weighted by molar-refractivity contribution is 0.355. The number of methoxy groups -OCH3 is 2. The number of hydrogen-bond acceptors (Lipinski definition) is 5. The van der Waals surface area contributed by atoms with Gasteiger partial charge in [-0.1, -0.05) is 24.8 Å². The lowest BCUT2D eigenvalue weighted by Gasteiger charge is -2.12. The first-order chi connectivity index (χ1) is 12.3. The van der Waals surface area contributed by atoms with Crippen LogP contribution in [0, 0.1) is 0 Å². The largest absolute Gasteiger partial charge is 0.493 e. The highest BCUT2D eigenvalue weighted by Crippen LogP contribution is 2.34. The van der Waals surface area contributed by atoms with E-state index in [1.54, 1.807) is 19.6 Å². The van der Waals surface area contributed by atoms with Crippen LogP contribution in [0.5, 0.6) is 11.5 Å². The minimum absolute atomic E-state index is 0.641. The molecule has 0 spiro atoms. The third-order valence-electron chi connectivity index (χ3n) is 3.54. The van der Waals surface area contributed by atoms with Crippen LogP contribution >= 0.6 is 11.8 Å². The van der Waals surface area contributed by atoms with Gasteiger partial charge in [0.25, 0.3) is 0 Å². The van der Waals surface area contributed by atoms with Gasteiger partial charge >= 0.3 is 0 Å². The van der Waals surface area contributed by atoms with E-state index in [2.05, 4.69) is 22.5 Å². The zero-order valence-corrected chi connectivity index (χ0v) is 14.8. The van der Waals surface area contributed by atoms with Gasteiger partial charge < -0.3 is 9.47 Å². The van der Waals surface area contributed by atoms with Gasteiger partial charge in [-0.05, 0) is 42.1 Å². The number of hydrogen-bond donors (Lipinski definition) is 0. The molecule has 0 unspecified atom stereocenters. The smallest absolute Gasteiger partial charge is 0.200 e. The Balaban J connectivity index is 2.16. The molecule has 0 atom stereocenters. The topological polar surface area (TPSA) is 49.2 Å². The summed E-state index contributed by atoms with van der Waals surface area (Å²) in [5.74, 6) is 2.02. The zero-order valence-electron chi connectivity index (χ0n) is 14.0. The predicted octanol–water partition coefficient (Wildman–Crippen LogP) is 4.34. The Morgan fingerprint density at radius 1 is 1.04 bits per heavy atom. The summed E-state index contributed by atoms with van der Waals surface area (Å²) in [6, 6.07) is 15.6. The van der Waals surface area contributed by atoms with Crippen molar-refractivity contribution in [3.8, 4) is 28.6 Å². The second kappa shape index (κ2) is 7.75. The third kappa shape index (κ3) is 3.45. The summed E-state index contributed by atoms with van der Waals surface area (Å²) in [6.07, 6.45) is 0. The predicted molar refractivity (Wildman–Crippen MR) is 99.5 cm³/mol. The Hall–Kier alpha value is -2.95. The molecule has 126 valence electrons. The highest BCUT2D eigenvalue weighted by molar-refractivity contribution is 8.02. The molecule has 0 aliphatic heterocycles. The monoisotopic (exact) mass is 351 g/mol. The van der Waals surface area contributed by atoms with Crippen LogP contribution in [-0.4, -0.2) is 29.0 Å². The molecule has 1 heterocycles. The molecule has 5 nitrogen and oxygen atoms in total. The molecule has 0 saturated carbocycles. The third-order valence-corrected chi connectivity index (χ3v) is 4.30. The first kappa shape index (κ1) is 16.9. The van der Waals surface area contributed by atoms with Gasteiger partial charge in [0.05, 0.1) is 14.2 Å². The maximum atomic E-state index is 5.40. The normalized spacial score (nSPS) is 10.2. The van der Waals surface area contributed by atoms with Crippen molar-refractivity contribution in [2.75, 3.05) is 14.2 Å². The Morgan fingerprint density at radius 2 is 1.80 bits per heavy atom. The first-order valence-electron chi connectivity index (χ1n) is 7.52. The molecule has 25 heavy (non-hydrogen) atoms. The summed E-state index contributed by atoms with van der Waals surface area (Å²) in [4.78, 5) is 0. The van der Waals surface area contributed by atoms with Crippen LogP contribution in [-0.2, 0) is 0 Å². The van der Waals surface area contributed by atoms with Crippen molar-refractivity contribution >= 4 is 11.8 Å². The molecule has 6 heteroatoms. The summed E-state index contributed by atoms with van der Waals surface area (Å²) >= 11 is 1.41. The fraction of sp³-hybridized carbons (Fsp3) is 0.105. The van der Waals surface area contributed by atoms with Crippen LogP contribution in [0.25, 0.3) is 17.1 Å². The summed E-state index contributed by atoms with van der Waals surface area (Å²) < 4.78 is 12.7. The standard InChI is InChI=1S/C19H17N3O2S/c1-4-12-25-19-21-20-18(22(19)15-8-6-5-7-9-15)14-10-11-16(23-2)17(13-14)24-3/h5-13H,1H2,2-3H3. The van der Waals surface area contributed by atoms with Gasteiger partial charge in [0, 0.05) is 16.7 Å². The minimum Gasteiger partial charge on any atom is -0.493 e. The Labute approximate surface area is 150 Å². The van der Waals surface area contributed by atoms with Crippen molar-refractivity contribution in [2.24, 2.45) is 0 Å². The number of para-hydroxylation sites is 1. The zero-order chi connectivity index (χ0) is 17.6. The van der Waals surface area contributed by atoms with Gasteiger partial charge in [0.2, 0.25) is 5.16 Å². The lowest BCUT2D eigenvalue weighted by Crippen LogP contribution is -1.99. The summed E-state index contributed by atoms with van der Waals surface area (Å²) in [5.41, 5.74) is 4.60. The molecule has 0 radical (unpaired) electrons. The van der Waals surface area contributed by atoms with Gasteiger partial charge in [-0.25, -0.2) is 0 Å². The molecule has 0 aliphatic rings. The molecule has 2 aromatic carbocycles. The molecule has 0 bridgehead atoms. The van der Waals surface area contributed by atoms with Crippen molar-refractivity contribution in [3.63, 3.8) is 0 Å². The van der Waals surface area contributed by atoms with E-state index in [0.717, 1.165) is 16.4 Å². The van der Waals surface area contributed by atoms with Crippen LogP contribution in [0.4, 0.5) is 0 Å². The maximum absolute atomic E-state index is 5.40. The van der Waals surface area contributed by atoms with Crippen LogP contribution in [0.15, 0.2) is 71.4 Å². The van der Waals surface area contributed by atoms with Gasteiger partial charge in [0.15, 0.2) is 17.3 Å². The number of thioether (sulfide) groups is 1. The first-order valence-corrected chi connectivity index (χ1v) is 8.40. The molecule has 0 N–H and O–H groups in total. The van der Waals surface area contributed by atoms with Crippen LogP contribution in [0.3, 0.4) is 0 Å². The van der Waals surface area contributed by atoms with Crippen LogP contribution in [0.2, 0.25) is 0 Å². The molecule has 3 rings (SSSR count). The van der Waals surface area contributed by atoms with E-state index in [9.17, 15) is 0 Å². The van der Waals surface area contributed by atoms with E-state index in [4.69, 9.17) is 9.47 Å². The molecular weight excluding hydrogens is 334 g/mol. The van der Waals surface area contributed by atoms with Gasteiger partial charge in [0.1, 0.15) is 0 Å². The summed E-state index contributed by atoms with van der Waals surface area (Å²) in [7, 11) is 3.22. The molecule has 0 amide bonds. The number of benzene rings is 2.